The molecule has 182 valence electrons. The van der Waals surface area contributed by atoms with Crippen molar-refractivity contribution in [3.63, 3.8) is 0 Å². The van der Waals surface area contributed by atoms with E-state index in [4.69, 9.17) is 13.7 Å². The number of thioether (sulfide) groups is 1. The van der Waals surface area contributed by atoms with Crippen LogP contribution in [0, 0.1) is 0 Å². The van der Waals surface area contributed by atoms with Gasteiger partial charge in [-0.3, -0.25) is 4.98 Å². The van der Waals surface area contributed by atoms with E-state index in [1.165, 1.54) is 11.8 Å². The molecule has 8 nitrogen and oxygen atoms in total. The summed E-state index contributed by atoms with van der Waals surface area (Å²) in [6.07, 6.45) is 7.50. The van der Waals surface area contributed by atoms with E-state index in [9.17, 15) is 0 Å². The number of hydrogen-bond acceptors (Lipinski definition) is 9. The lowest BCUT2D eigenvalue weighted by molar-refractivity contribution is 0.306. The Morgan fingerprint density at radius 1 is 0.811 bits per heavy atom. The van der Waals surface area contributed by atoms with Gasteiger partial charge in [0.2, 0.25) is 0 Å². The van der Waals surface area contributed by atoms with Crippen molar-refractivity contribution >= 4 is 22.7 Å². The van der Waals surface area contributed by atoms with Crippen LogP contribution in [0.4, 0.5) is 0 Å². The summed E-state index contributed by atoms with van der Waals surface area (Å²) in [6.45, 7) is 0.491. The van der Waals surface area contributed by atoms with Crippen LogP contribution in [0.5, 0.6) is 5.75 Å². The average Bonchev–Trinajstić information content (AvgIpc) is 3.57. The van der Waals surface area contributed by atoms with Crippen molar-refractivity contribution in [1.82, 2.24) is 25.1 Å². The largest absolute Gasteiger partial charge is 0.489 e. The zero-order chi connectivity index (χ0) is 24.9. The lowest BCUT2D eigenvalue weighted by atomic mass is 10.1. The summed E-state index contributed by atoms with van der Waals surface area (Å²) in [5.74, 6) is 2.90. The Hall–Kier alpha value is -4.50. The summed E-state index contributed by atoms with van der Waals surface area (Å²) >= 11 is 1.53. The van der Waals surface area contributed by atoms with Crippen LogP contribution in [0.1, 0.15) is 22.5 Å². The number of para-hydroxylation sites is 1. The standard InChI is InChI=1S/C28H21N5O3S/c1-2-5-24-22(4-1)23(18-37-28-30-12-3-13-31-28)26(35-24)27-32-25(33-36-27)16-19-6-8-21(9-7-19)34-17-20-10-14-29-15-11-20/h1-15H,16-18H2. The van der Waals surface area contributed by atoms with Gasteiger partial charge >= 0.3 is 0 Å². The lowest BCUT2D eigenvalue weighted by Gasteiger charge is -2.06. The van der Waals surface area contributed by atoms with Gasteiger partial charge in [0.15, 0.2) is 16.7 Å². The molecule has 0 N–H and O–H groups in total. The van der Waals surface area contributed by atoms with E-state index in [2.05, 4.69) is 25.1 Å². The second-order valence-electron chi connectivity index (χ2n) is 8.21. The molecule has 0 saturated carbocycles. The molecule has 0 saturated heterocycles. The molecule has 2 aromatic carbocycles. The second-order valence-corrected chi connectivity index (χ2v) is 9.15. The van der Waals surface area contributed by atoms with Crippen molar-refractivity contribution in [2.24, 2.45) is 0 Å². The molecule has 0 atom stereocenters. The monoisotopic (exact) mass is 507 g/mol. The van der Waals surface area contributed by atoms with E-state index in [1.807, 2.05) is 60.7 Å². The first-order chi connectivity index (χ1) is 18.3. The van der Waals surface area contributed by atoms with Crippen molar-refractivity contribution in [3.05, 3.63) is 114 Å². The van der Waals surface area contributed by atoms with Crippen LogP contribution >= 0.6 is 11.8 Å². The molecule has 0 fully saturated rings. The first kappa shape index (κ1) is 22.9. The number of hydrogen-bond donors (Lipinski definition) is 0. The summed E-state index contributed by atoms with van der Waals surface area (Å²) in [4.78, 5) is 17.3. The molecule has 0 spiro atoms. The minimum Gasteiger partial charge on any atom is -0.489 e. The molecule has 0 bridgehead atoms. The van der Waals surface area contributed by atoms with Gasteiger partial charge in [0.25, 0.3) is 5.89 Å². The number of benzene rings is 2. The Morgan fingerprint density at radius 3 is 2.46 bits per heavy atom. The Balaban J connectivity index is 1.17. The molecule has 0 aliphatic rings. The molecule has 6 rings (SSSR count). The summed E-state index contributed by atoms with van der Waals surface area (Å²) in [5, 5.41) is 5.90. The smallest absolute Gasteiger partial charge is 0.294 e. The van der Waals surface area contributed by atoms with Crippen LogP contribution in [-0.2, 0) is 18.8 Å². The Bertz CT molecular complexity index is 1600. The minimum absolute atomic E-state index is 0.355. The fourth-order valence-corrected chi connectivity index (χ4v) is 4.69. The SMILES string of the molecule is c1cnc(SCc2c(-c3nc(Cc4ccc(OCc5ccncc5)cc4)no3)oc3ccccc23)nc1. The van der Waals surface area contributed by atoms with Crippen LogP contribution in [0.15, 0.2) is 106 Å². The van der Waals surface area contributed by atoms with Crippen LogP contribution in [0.25, 0.3) is 22.6 Å². The maximum absolute atomic E-state index is 6.15. The highest BCUT2D eigenvalue weighted by atomic mass is 32.2. The summed E-state index contributed by atoms with van der Waals surface area (Å²) < 4.78 is 17.6. The average molecular weight is 508 g/mol. The number of aromatic nitrogens is 5. The normalized spacial score (nSPS) is 11.1. The molecule has 6 aromatic rings. The van der Waals surface area contributed by atoms with Gasteiger partial charge in [0.05, 0.1) is 0 Å². The van der Waals surface area contributed by atoms with Gasteiger partial charge in [-0.2, -0.15) is 4.98 Å². The zero-order valence-corrected chi connectivity index (χ0v) is 20.5. The number of fused-ring (bicyclic) bond motifs is 1. The van der Waals surface area contributed by atoms with Gasteiger partial charge < -0.3 is 13.7 Å². The highest BCUT2D eigenvalue weighted by molar-refractivity contribution is 7.98. The zero-order valence-electron chi connectivity index (χ0n) is 19.7. The molecule has 4 aromatic heterocycles. The minimum atomic E-state index is 0.355. The van der Waals surface area contributed by atoms with Crippen LogP contribution in [-0.4, -0.2) is 25.1 Å². The maximum Gasteiger partial charge on any atom is 0.294 e. The van der Waals surface area contributed by atoms with Crippen molar-refractivity contribution in [2.45, 2.75) is 23.9 Å². The first-order valence-electron chi connectivity index (χ1n) is 11.7. The van der Waals surface area contributed by atoms with Crippen molar-refractivity contribution in [1.29, 1.82) is 0 Å². The summed E-state index contributed by atoms with van der Waals surface area (Å²) in [7, 11) is 0. The number of nitrogens with zero attached hydrogens (tertiary/aromatic N) is 5. The van der Waals surface area contributed by atoms with Crippen LogP contribution < -0.4 is 4.74 Å². The number of furan rings is 1. The molecule has 0 aliphatic heterocycles. The number of ether oxygens (including phenoxy) is 1. The Labute approximate surface area is 216 Å². The van der Waals surface area contributed by atoms with E-state index in [-0.39, 0.29) is 0 Å². The second kappa shape index (κ2) is 10.6. The highest BCUT2D eigenvalue weighted by Gasteiger charge is 2.21. The number of rotatable bonds is 9. The van der Waals surface area contributed by atoms with Gasteiger partial charge in [-0.15, -0.1) is 0 Å². The quantitative estimate of drug-likeness (QED) is 0.169. The van der Waals surface area contributed by atoms with Crippen LogP contribution in [0.2, 0.25) is 0 Å². The Morgan fingerprint density at radius 2 is 1.62 bits per heavy atom. The molecule has 0 amide bonds. The van der Waals surface area contributed by atoms with Gasteiger partial charge in [-0.1, -0.05) is 47.3 Å². The topological polar surface area (TPSA) is 100.0 Å². The van der Waals surface area contributed by atoms with Crippen molar-refractivity contribution in [3.8, 4) is 17.4 Å². The van der Waals surface area contributed by atoms with Crippen molar-refractivity contribution < 1.29 is 13.7 Å². The molecular formula is C28H21N5O3S. The molecule has 4 heterocycles. The van der Waals surface area contributed by atoms with Crippen molar-refractivity contribution in [2.75, 3.05) is 0 Å². The third-order valence-electron chi connectivity index (χ3n) is 5.69. The summed E-state index contributed by atoms with van der Waals surface area (Å²) in [6, 6.07) is 21.4. The molecule has 0 radical (unpaired) electrons. The van der Waals surface area contributed by atoms with Crippen LogP contribution in [0.3, 0.4) is 0 Å². The molecule has 9 heteroatoms. The molecule has 0 unspecified atom stereocenters. The van der Waals surface area contributed by atoms with E-state index in [0.717, 1.165) is 33.4 Å². The van der Waals surface area contributed by atoms with Gasteiger partial charge in [-0.25, -0.2) is 9.97 Å². The predicted molar refractivity (Wildman–Crippen MR) is 139 cm³/mol. The van der Waals surface area contributed by atoms with E-state index < -0.39 is 0 Å². The van der Waals surface area contributed by atoms with E-state index in [1.54, 1.807) is 30.9 Å². The van der Waals surface area contributed by atoms with Gasteiger partial charge in [0.1, 0.15) is 17.9 Å². The first-order valence-corrected chi connectivity index (χ1v) is 12.6. The molecular weight excluding hydrogens is 486 g/mol. The third-order valence-corrected chi connectivity index (χ3v) is 6.59. The van der Waals surface area contributed by atoms with E-state index >= 15 is 0 Å². The predicted octanol–water partition coefficient (Wildman–Crippen LogP) is 6.13. The third kappa shape index (κ3) is 5.36. The van der Waals surface area contributed by atoms with Gasteiger partial charge in [0, 0.05) is 47.9 Å². The Kier molecular flexibility index (Phi) is 6.59. The fraction of sp³-hybridized carbons (Fsp3) is 0.107. The fourth-order valence-electron chi connectivity index (χ4n) is 3.86. The highest BCUT2D eigenvalue weighted by Crippen LogP contribution is 2.36. The lowest BCUT2D eigenvalue weighted by Crippen LogP contribution is -1.96. The van der Waals surface area contributed by atoms with Gasteiger partial charge in [-0.05, 0) is 47.5 Å². The summed E-state index contributed by atoms with van der Waals surface area (Å²) in [5.41, 5.74) is 3.85. The maximum atomic E-state index is 6.15. The van der Waals surface area contributed by atoms with E-state index in [0.29, 0.717) is 41.4 Å². The number of pyridine rings is 1. The molecule has 37 heavy (non-hydrogen) atoms. The molecule has 0 aliphatic carbocycles.